The molecule has 1 aliphatic heterocycles. The Morgan fingerprint density at radius 3 is 2.00 bits per heavy atom. The summed E-state index contributed by atoms with van der Waals surface area (Å²) < 4.78 is 29.6. The molecule has 162 valence electrons. The smallest absolute Gasteiger partial charge is 0.207 e. The second-order valence-electron chi connectivity index (χ2n) is 8.78. The van der Waals surface area contributed by atoms with Crippen molar-refractivity contribution in [1.29, 1.82) is 0 Å². The van der Waals surface area contributed by atoms with Crippen molar-refractivity contribution in [2.75, 3.05) is 6.54 Å². The molecule has 1 saturated heterocycles. The molecule has 1 unspecified atom stereocenters. The van der Waals surface area contributed by atoms with Crippen LogP contribution in [0, 0.1) is 13.8 Å². The third kappa shape index (κ3) is 3.95. The van der Waals surface area contributed by atoms with Crippen LogP contribution < -0.4 is 0 Å². The number of hydrogen-bond donors (Lipinski definition) is 0. The molecule has 1 fully saturated rings. The van der Waals surface area contributed by atoms with Gasteiger partial charge in [-0.2, -0.15) is 4.31 Å². The van der Waals surface area contributed by atoms with Crippen molar-refractivity contribution in [3.63, 3.8) is 0 Å². The number of rotatable bonds is 6. The second-order valence-corrected chi connectivity index (χ2v) is 10.6. The maximum Gasteiger partial charge on any atom is 0.243 e. The second kappa shape index (κ2) is 8.60. The summed E-state index contributed by atoms with van der Waals surface area (Å²) in [6.45, 7) is 6.48. The highest BCUT2D eigenvalue weighted by Crippen LogP contribution is 2.46. The lowest BCUT2D eigenvalue weighted by Gasteiger charge is -2.31. The van der Waals surface area contributed by atoms with Gasteiger partial charge in [0.15, 0.2) is 0 Å². The molecule has 0 aromatic heterocycles. The molecule has 0 saturated carbocycles. The molecule has 0 aliphatic carbocycles. The fraction of sp³-hybridized carbons (Fsp3) is 0.333. The number of benzene rings is 3. The molecule has 0 radical (unpaired) electrons. The Balaban J connectivity index is 1.86. The predicted octanol–water partition coefficient (Wildman–Crippen LogP) is 5.85. The van der Waals surface area contributed by atoms with Crippen LogP contribution >= 0.6 is 0 Å². The lowest BCUT2D eigenvalue weighted by atomic mass is 9.72. The predicted molar refractivity (Wildman–Crippen MR) is 127 cm³/mol. The Kier molecular flexibility index (Phi) is 6.05. The van der Waals surface area contributed by atoms with E-state index in [0.29, 0.717) is 11.4 Å². The van der Waals surface area contributed by atoms with E-state index in [2.05, 4.69) is 55.5 Å². The first-order valence-corrected chi connectivity index (χ1v) is 12.5. The van der Waals surface area contributed by atoms with Crippen LogP contribution in [0.25, 0.3) is 0 Å². The van der Waals surface area contributed by atoms with E-state index in [1.165, 1.54) is 11.1 Å². The Morgan fingerprint density at radius 1 is 0.903 bits per heavy atom. The van der Waals surface area contributed by atoms with Gasteiger partial charge in [0.1, 0.15) is 0 Å². The molecule has 3 aromatic rings. The van der Waals surface area contributed by atoms with E-state index < -0.39 is 10.0 Å². The van der Waals surface area contributed by atoms with E-state index >= 15 is 0 Å². The molecule has 0 amide bonds. The highest BCUT2D eigenvalue weighted by Gasteiger charge is 2.50. The van der Waals surface area contributed by atoms with Gasteiger partial charge in [-0.15, -0.1) is 0 Å². The fourth-order valence-corrected chi connectivity index (χ4v) is 7.06. The molecule has 3 nitrogen and oxygen atoms in total. The Hall–Kier alpha value is -2.43. The number of aryl methyl sites for hydroxylation is 2. The summed E-state index contributed by atoms with van der Waals surface area (Å²) >= 11 is 0. The summed E-state index contributed by atoms with van der Waals surface area (Å²) in [7, 11) is -3.61. The molecular formula is C27H31NO2S. The minimum atomic E-state index is -3.61. The molecule has 1 atom stereocenters. The summed E-state index contributed by atoms with van der Waals surface area (Å²) in [6.07, 6.45) is 2.59. The van der Waals surface area contributed by atoms with Crippen molar-refractivity contribution >= 4 is 10.0 Å². The third-order valence-electron chi connectivity index (χ3n) is 6.61. The first kappa shape index (κ1) is 21.8. The minimum Gasteiger partial charge on any atom is -0.207 e. The SMILES string of the molecule is CCCC1CC(c2ccccc2)(c2ccccc2)CN1S(=O)(=O)c1ccc(C)cc1C. The molecular weight excluding hydrogens is 402 g/mol. The summed E-state index contributed by atoms with van der Waals surface area (Å²) in [5, 5.41) is 0. The van der Waals surface area contributed by atoms with E-state index in [9.17, 15) is 8.42 Å². The molecule has 4 heteroatoms. The molecule has 4 rings (SSSR count). The Labute approximate surface area is 186 Å². The number of sulfonamides is 1. The number of hydrogen-bond acceptors (Lipinski definition) is 2. The van der Waals surface area contributed by atoms with Crippen molar-refractivity contribution in [3.05, 3.63) is 101 Å². The van der Waals surface area contributed by atoms with Gasteiger partial charge in [0.25, 0.3) is 0 Å². The van der Waals surface area contributed by atoms with Crippen LogP contribution in [0.5, 0.6) is 0 Å². The maximum atomic E-state index is 13.9. The van der Waals surface area contributed by atoms with E-state index in [1.807, 2.05) is 38.1 Å². The van der Waals surface area contributed by atoms with E-state index in [0.717, 1.165) is 30.4 Å². The van der Waals surface area contributed by atoms with Gasteiger partial charge in [-0.1, -0.05) is 91.7 Å². The zero-order valence-electron chi connectivity index (χ0n) is 18.6. The van der Waals surface area contributed by atoms with Crippen LogP contribution in [0.1, 0.15) is 48.4 Å². The minimum absolute atomic E-state index is 0.0314. The van der Waals surface area contributed by atoms with Gasteiger partial charge in [-0.05, 0) is 49.4 Å². The molecule has 0 bridgehead atoms. The van der Waals surface area contributed by atoms with Gasteiger partial charge in [0, 0.05) is 18.0 Å². The van der Waals surface area contributed by atoms with Gasteiger partial charge in [-0.25, -0.2) is 8.42 Å². The van der Waals surface area contributed by atoms with Crippen molar-refractivity contribution in [1.82, 2.24) is 4.31 Å². The average molecular weight is 434 g/mol. The van der Waals surface area contributed by atoms with Crippen molar-refractivity contribution in [2.45, 2.75) is 56.4 Å². The van der Waals surface area contributed by atoms with Crippen molar-refractivity contribution in [2.24, 2.45) is 0 Å². The van der Waals surface area contributed by atoms with Gasteiger partial charge in [0.2, 0.25) is 10.0 Å². The molecule has 3 aromatic carbocycles. The van der Waals surface area contributed by atoms with Crippen LogP contribution in [0.15, 0.2) is 83.8 Å². The van der Waals surface area contributed by atoms with Gasteiger partial charge < -0.3 is 0 Å². The van der Waals surface area contributed by atoms with Crippen LogP contribution in [0.3, 0.4) is 0 Å². The third-order valence-corrected chi connectivity index (χ3v) is 8.67. The molecule has 0 spiro atoms. The van der Waals surface area contributed by atoms with Crippen LogP contribution in [-0.2, 0) is 15.4 Å². The van der Waals surface area contributed by atoms with Gasteiger partial charge in [0.05, 0.1) is 4.90 Å². The Morgan fingerprint density at radius 2 is 1.48 bits per heavy atom. The van der Waals surface area contributed by atoms with Crippen LogP contribution in [-0.4, -0.2) is 25.3 Å². The highest BCUT2D eigenvalue weighted by atomic mass is 32.2. The van der Waals surface area contributed by atoms with Crippen molar-refractivity contribution < 1.29 is 8.42 Å². The van der Waals surface area contributed by atoms with Gasteiger partial charge >= 0.3 is 0 Å². The highest BCUT2D eigenvalue weighted by molar-refractivity contribution is 7.89. The van der Waals surface area contributed by atoms with E-state index in [-0.39, 0.29) is 11.5 Å². The zero-order chi connectivity index (χ0) is 22.1. The van der Waals surface area contributed by atoms with E-state index in [4.69, 9.17) is 0 Å². The molecule has 1 heterocycles. The summed E-state index contributed by atoms with van der Waals surface area (Å²) in [5.41, 5.74) is 3.90. The zero-order valence-corrected chi connectivity index (χ0v) is 19.4. The Bertz CT molecular complexity index is 1100. The topological polar surface area (TPSA) is 37.4 Å². The van der Waals surface area contributed by atoms with E-state index in [1.54, 1.807) is 10.4 Å². The first-order valence-electron chi connectivity index (χ1n) is 11.1. The molecule has 0 N–H and O–H groups in total. The average Bonchev–Trinajstić information content (AvgIpc) is 3.17. The lowest BCUT2D eigenvalue weighted by Crippen LogP contribution is -2.38. The van der Waals surface area contributed by atoms with Crippen molar-refractivity contribution in [3.8, 4) is 0 Å². The quantitative estimate of drug-likeness (QED) is 0.489. The fourth-order valence-electron chi connectivity index (χ4n) is 5.14. The summed E-state index contributed by atoms with van der Waals surface area (Å²) in [5.74, 6) is 0. The van der Waals surface area contributed by atoms with Gasteiger partial charge in [-0.3, -0.25) is 0 Å². The molecule has 1 aliphatic rings. The standard InChI is InChI=1S/C27H31NO2S/c1-4-11-25-19-27(23-12-7-5-8-13-23,24-14-9-6-10-15-24)20-28(25)31(29,30)26-17-16-21(2)18-22(26)3/h5-10,12-18,25H,4,11,19-20H2,1-3H3. The van der Waals surface area contributed by atoms with Crippen LogP contribution in [0.4, 0.5) is 0 Å². The number of nitrogens with zero attached hydrogens (tertiary/aromatic N) is 1. The maximum absolute atomic E-state index is 13.9. The normalized spacial score (nSPS) is 18.9. The monoisotopic (exact) mass is 433 g/mol. The first-order chi connectivity index (χ1) is 14.9. The van der Waals surface area contributed by atoms with Crippen LogP contribution in [0.2, 0.25) is 0 Å². The summed E-state index contributed by atoms with van der Waals surface area (Å²) in [6, 6.07) is 26.4. The largest absolute Gasteiger partial charge is 0.243 e. The summed E-state index contributed by atoms with van der Waals surface area (Å²) in [4.78, 5) is 0.427. The lowest BCUT2D eigenvalue weighted by molar-refractivity contribution is 0.367. The molecule has 31 heavy (non-hydrogen) atoms.